The smallest absolute Gasteiger partial charge is 0.162 e. The molecule has 0 bridgehead atoms. The number of ether oxygens (including phenoxy) is 2. The van der Waals surface area contributed by atoms with Crippen molar-refractivity contribution in [2.24, 2.45) is 5.16 Å². The van der Waals surface area contributed by atoms with Crippen molar-refractivity contribution in [3.8, 4) is 23.3 Å². The van der Waals surface area contributed by atoms with Crippen molar-refractivity contribution in [2.45, 2.75) is 0 Å². The maximum absolute atomic E-state index is 8.77. The van der Waals surface area contributed by atoms with Crippen LogP contribution in [0.25, 0.3) is 0 Å². The summed E-state index contributed by atoms with van der Waals surface area (Å²) in [6.45, 7) is 0. The molecule has 4 heteroatoms. The van der Waals surface area contributed by atoms with Crippen LogP contribution in [0.2, 0.25) is 0 Å². The van der Waals surface area contributed by atoms with E-state index < -0.39 is 0 Å². The molecule has 2 rings (SSSR count). The van der Waals surface area contributed by atoms with Crippen LogP contribution < -0.4 is 9.47 Å². The second-order valence-electron chi connectivity index (χ2n) is 4.16. The lowest BCUT2D eigenvalue weighted by Gasteiger charge is -2.09. The lowest BCUT2D eigenvalue weighted by Crippen LogP contribution is -1.96. The number of nitrogens with zero attached hydrogens (tertiary/aromatic N) is 1. The highest BCUT2D eigenvalue weighted by atomic mass is 16.5. The van der Waals surface area contributed by atoms with Gasteiger partial charge in [0.2, 0.25) is 0 Å². The van der Waals surface area contributed by atoms with Gasteiger partial charge in [-0.2, -0.15) is 0 Å². The molecule has 0 aliphatic rings. The van der Waals surface area contributed by atoms with Crippen LogP contribution in [0.1, 0.15) is 16.7 Å². The van der Waals surface area contributed by atoms with Gasteiger partial charge in [0.15, 0.2) is 11.5 Å². The van der Waals surface area contributed by atoms with E-state index in [1.54, 1.807) is 26.4 Å². The van der Waals surface area contributed by atoms with E-state index in [1.165, 1.54) is 6.21 Å². The molecule has 0 spiro atoms. The van der Waals surface area contributed by atoms with E-state index in [0.717, 1.165) is 5.56 Å². The van der Waals surface area contributed by atoms with E-state index >= 15 is 0 Å². The number of benzene rings is 2. The molecule has 0 saturated carbocycles. The third-order valence-corrected chi connectivity index (χ3v) is 2.87. The minimum atomic E-state index is 0.553. The van der Waals surface area contributed by atoms with Crippen molar-refractivity contribution >= 4 is 6.21 Å². The Kier molecular flexibility index (Phi) is 4.84. The minimum absolute atomic E-state index is 0.553. The maximum atomic E-state index is 8.77. The van der Waals surface area contributed by atoms with Crippen LogP contribution in [0.3, 0.4) is 0 Å². The molecule has 0 unspecified atom stereocenters. The summed E-state index contributed by atoms with van der Waals surface area (Å²) in [7, 11) is 3.11. The molecular formula is C17H15NO3. The van der Waals surface area contributed by atoms with Crippen LogP contribution in [-0.4, -0.2) is 25.6 Å². The molecule has 21 heavy (non-hydrogen) atoms. The first-order valence-corrected chi connectivity index (χ1v) is 6.29. The molecule has 4 nitrogen and oxygen atoms in total. The summed E-state index contributed by atoms with van der Waals surface area (Å²) in [5.41, 5.74) is 2.24. The molecule has 106 valence electrons. The largest absolute Gasteiger partial charge is 0.493 e. The Morgan fingerprint density at radius 2 is 1.67 bits per heavy atom. The standard InChI is InChI=1S/C17H15NO3/c1-20-16-10-14(9-8-13-6-4-3-5-7-13)15(12-18-19)11-17(16)21-2/h3-7,10-12,19H,1-2H3. The van der Waals surface area contributed by atoms with Crippen LogP contribution >= 0.6 is 0 Å². The summed E-state index contributed by atoms with van der Waals surface area (Å²) in [4.78, 5) is 0. The van der Waals surface area contributed by atoms with E-state index in [-0.39, 0.29) is 0 Å². The van der Waals surface area contributed by atoms with Gasteiger partial charge < -0.3 is 14.7 Å². The van der Waals surface area contributed by atoms with Gasteiger partial charge in [0.1, 0.15) is 0 Å². The SMILES string of the molecule is COc1cc(C#Cc2ccccc2)c(C=NO)cc1OC. The predicted octanol–water partition coefficient (Wildman–Crippen LogP) is 2.91. The van der Waals surface area contributed by atoms with Gasteiger partial charge in [-0.15, -0.1) is 0 Å². The van der Waals surface area contributed by atoms with Crippen molar-refractivity contribution in [1.29, 1.82) is 0 Å². The zero-order valence-electron chi connectivity index (χ0n) is 11.8. The molecule has 2 aromatic rings. The number of rotatable bonds is 3. The molecule has 0 saturated heterocycles. The minimum Gasteiger partial charge on any atom is -0.493 e. The van der Waals surface area contributed by atoms with Gasteiger partial charge in [-0.25, -0.2) is 0 Å². The molecule has 0 fully saturated rings. The Balaban J connectivity index is 2.49. The highest BCUT2D eigenvalue weighted by Crippen LogP contribution is 2.29. The molecule has 2 aromatic carbocycles. The van der Waals surface area contributed by atoms with Crippen LogP contribution in [0.4, 0.5) is 0 Å². The lowest BCUT2D eigenvalue weighted by atomic mass is 10.1. The monoisotopic (exact) mass is 281 g/mol. The predicted molar refractivity (Wildman–Crippen MR) is 81.3 cm³/mol. The van der Waals surface area contributed by atoms with Gasteiger partial charge in [-0.1, -0.05) is 35.2 Å². The molecule has 1 N–H and O–H groups in total. The average molecular weight is 281 g/mol. The Morgan fingerprint density at radius 1 is 1.00 bits per heavy atom. The number of hydrogen-bond donors (Lipinski definition) is 1. The van der Waals surface area contributed by atoms with Crippen LogP contribution in [0, 0.1) is 11.8 Å². The van der Waals surface area contributed by atoms with Crippen molar-refractivity contribution in [2.75, 3.05) is 14.2 Å². The Labute approximate surface area is 123 Å². The van der Waals surface area contributed by atoms with Crippen LogP contribution in [0.15, 0.2) is 47.6 Å². The fourth-order valence-corrected chi connectivity index (χ4v) is 1.83. The summed E-state index contributed by atoms with van der Waals surface area (Å²) < 4.78 is 10.5. The third-order valence-electron chi connectivity index (χ3n) is 2.87. The van der Waals surface area contributed by atoms with Crippen LogP contribution in [0.5, 0.6) is 11.5 Å². The van der Waals surface area contributed by atoms with E-state index in [0.29, 0.717) is 22.6 Å². The molecule has 0 aromatic heterocycles. The highest BCUT2D eigenvalue weighted by molar-refractivity contribution is 5.84. The summed E-state index contributed by atoms with van der Waals surface area (Å²) in [6, 6.07) is 13.1. The van der Waals surface area contributed by atoms with Gasteiger partial charge in [0.05, 0.1) is 20.4 Å². The average Bonchev–Trinajstić information content (AvgIpc) is 2.54. The maximum Gasteiger partial charge on any atom is 0.162 e. The first kappa shape index (κ1) is 14.5. The Morgan fingerprint density at radius 3 is 2.29 bits per heavy atom. The van der Waals surface area contributed by atoms with E-state index in [1.807, 2.05) is 30.3 Å². The molecule has 0 heterocycles. The fraction of sp³-hybridized carbons (Fsp3) is 0.118. The van der Waals surface area contributed by atoms with E-state index in [2.05, 4.69) is 17.0 Å². The van der Waals surface area contributed by atoms with Gasteiger partial charge in [0, 0.05) is 22.8 Å². The summed E-state index contributed by atoms with van der Waals surface area (Å²) in [5, 5.41) is 11.8. The Bertz CT molecular complexity index is 697. The quantitative estimate of drug-likeness (QED) is 0.407. The van der Waals surface area contributed by atoms with E-state index in [9.17, 15) is 0 Å². The topological polar surface area (TPSA) is 51.0 Å². The molecule has 0 radical (unpaired) electrons. The van der Waals surface area contributed by atoms with Crippen molar-refractivity contribution < 1.29 is 14.7 Å². The van der Waals surface area contributed by atoms with Crippen LogP contribution in [-0.2, 0) is 0 Å². The molecule has 0 atom stereocenters. The first-order chi connectivity index (χ1) is 10.3. The fourth-order valence-electron chi connectivity index (χ4n) is 1.83. The zero-order valence-corrected chi connectivity index (χ0v) is 11.8. The van der Waals surface area contributed by atoms with E-state index in [4.69, 9.17) is 14.7 Å². The second kappa shape index (κ2) is 7.01. The normalized spacial score (nSPS) is 10.0. The number of methoxy groups -OCH3 is 2. The summed E-state index contributed by atoms with van der Waals surface area (Å²) >= 11 is 0. The van der Waals surface area contributed by atoms with Crippen molar-refractivity contribution in [1.82, 2.24) is 0 Å². The Hall–Kier alpha value is -2.93. The molecule has 0 aliphatic carbocycles. The van der Waals surface area contributed by atoms with Crippen molar-refractivity contribution in [3.05, 3.63) is 59.2 Å². The third kappa shape index (κ3) is 3.54. The second-order valence-corrected chi connectivity index (χ2v) is 4.16. The van der Waals surface area contributed by atoms with Gasteiger partial charge >= 0.3 is 0 Å². The number of oxime groups is 1. The number of hydrogen-bond acceptors (Lipinski definition) is 4. The van der Waals surface area contributed by atoms with Gasteiger partial charge in [-0.05, 0) is 18.2 Å². The zero-order chi connectivity index (χ0) is 15.1. The molecule has 0 aliphatic heterocycles. The summed E-state index contributed by atoms with van der Waals surface area (Å²) in [5.74, 6) is 7.24. The van der Waals surface area contributed by atoms with Crippen molar-refractivity contribution in [3.63, 3.8) is 0 Å². The molecular weight excluding hydrogens is 266 g/mol. The van der Waals surface area contributed by atoms with Gasteiger partial charge in [-0.3, -0.25) is 0 Å². The lowest BCUT2D eigenvalue weighted by molar-refractivity contribution is 0.321. The van der Waals surface area contributed by atoms with Gasteiger partial charge in [0.25, 0.3) is 0 Å². The first-order valence-electron chi connectivity index (χ1n) is 6.29. The highest BCUT2D eigenvalue weighted by Gasteiger charge is 2.08. The molecule has 0 amide bonds. The summed E-state index contributed by atoms with van der Waals surface area (Å²) in [6.07, 6.45) is 1.32.